The van der Waals surface area contributed by atoms with Crippen LogP contribution in [0, 0.1) is 0 Å². The quantitative estimate of drug-likeness (QED) is 0.242. The summed E-state index contributed by atoms with van der Waals surface area (Å²) < 4.78 is 45.9. The predicted octanol–water partition coefficient (Wildman–Crippen LogP) is 2.42. The maximum Gasteiger partial charge on any atom is 0.407 e. The van der Waals surface area contributed by atoms with Gasteiger partial charge in [0.1, 0.15) is 18.0 Å². The number of alkyl halides is 3. The van der Waals surface area contributed by atoms with E-state index in [4.69, 9.17) is 10.6 Å². The minimum atomic E-state index is -4.68. The molecule has 2 aromatic rings. The van der Waals surface area contributed by atoms with Crippen LogP contribution in [0.1, 0.15) is 36.5 Å². The van der Waals surface area contributed by atoms with Crippen molar-refractivity contribution in [3.63, 3.8) is 0 Å². The van der Waals surface area contributed by atoms with E-state index in [1.807, 2.05) is 31.4 Å². The summed E-state index contributed by atoms with van der Waals surface area (Å²) in [6, 6.07) is 9.58. The lowest BCUT2D eigenvalue weighted by atomic mass is 9.98. The zero-order valence-electron chi connectivity index (χ0n) is 21.1. The molecule has 0 saturated carbocycles. The number of nitrogens with zero attached hydrogens (tertiary/aromatic N) is 4. The highest BCUT2D eigenvalue weighted by Gasteiger charge is 2.46. The summed E-state index contributed by atoms with van der Waals surface area (Å²) >= 11 is 0. The van der Waals surface area contributed by atoms with Crippen LogP contribution in [0.2, 0.25) is 0 Å². The number of hydrogen-bond donors (Lipinski definition) is 4. The normalized spacial score (nSPS) is 18.7. The van der Waals surface area contributed by atoms with Gasteiger partial charge in [-0.2, -0.15) is 18.3 Å². The number of hydrazine groups is 1. The summed E-state index contributed by atoms with van der Waals surface area (Å²) in [6.07, 6.45) is -6.27. The maximum absolute atomic E-state index is 13.5. The number of nitrogens with one attached hydrogen (secondary N) is 1. The van der Waals surface area contributed by atoms with Gasteiger partial charge in [0.05, 0.1) is 18.8 Å². The van der Waals surface area contributed by atoms with Crippen LogP contribution >= 0.6 is 0 Å². The van der Waals surface area contributed by atoms with Crippen LogP contribution < -0.4 is 16.2 Å². The van der Waals surface area contributed by atoms with E-state index in [2.05, 4.69) is 10.0 Å². The molecule has 1 unspecified atom stereocenters. The summed E-state index contributed by atoms with van der Waals surface area (Å²) in [5.41, 5.74) is 3.78. The van der Waals surface area contributed by atoms with Crippen LogP contribution in [0.15, 0.2) is 41.5 Å². The summed E-state index contributed by atoms with van der Waals surface area (Å²) in [4.78, 5) is 16.3. The van der Waals surface area contributed by atoms with E-state index in [1.165, 1.54) is 11.0 Å². The Morgan fingerprint density at radius 1 is 1.16 bits per heavy atom. The maximum atomic E-state index is 13.5. The number of phenols is 2. The van der Waals surface area contributed by atoms with Crippen LogP contribution in [-0.4, -0.2) is 77.1 Å². The molecule has 0 bridgehead atoms. The van der Waals surface area contributed by atoms with Crippen molar-refractivity contribution < 1.29 is 32.9 Å². The van der Waals surface area contributed by atoms with E-state index >= 15 is 0 Å². The first-order chi connectivity index (χ1) is 18.0. The third kappa shape index (κ3) is 5.95. The number of phenolic OH excluding ortho intramolecular Hbond substituents is 2. The number of aromatic hydroxyl groups is 2. The van der Waals surface area contributed by atoms with Gasteiger partial charge in [-0.3, -0.25) is 25.0 Å². The minimum Gasteiger partial charge on any atom is -0.508 e. The molecule has 2 aliphatic heterocycles. The lowest BCUT2D eigenvalue weighted by Gasteiger charge is -2.31. The molecule has 38 heavy (non-hydrogen) atoms. The minimum absolute atomic E-state index is 0.0587. The first-order valence-electron chi connectivity index (χ1n) is 12.2. The van der Waals surface area contributed by atoms with E-state index < -0.39 is 30.5 Å². The molecular formula is C25H31F3N6O4. The molecule has 1 fully saturated rings. The number of amides is 1. The van der Waals surface area contributed by atoms with Gasteiger partial charge >= 0.3 is 6.18 Å². The molecule has 0 aromatic heterocycles. The number of rotatable bonds is 7. The largest absolute Gasteiger partial charge is 0.508 e. The number of amidine groups is 1. The fraction of sp³-hybridized carbons (Fsp3) is 0.440. The molecular weight excluding hydrogens is 505 g/mol. The Kier molecular flexibility index (Phi) is 7.99. The number of nitrogens with two attached hydrogens (primary N) is 1. The second-order valence-electron chi connectivity index (χ2n) is 9.53. The van der Waals surface area contributed by atoms with Crippen LogP contribution in [-0.2, 0) is 16.1 Å². The molecule has 5 N–H and O–H groups in total. The molecule has 2 heterocycles. The number of anilines is 1. The van der Waals surface area contributed by atoms with Gasteiger partial charge in [0.15, 0.2) is 5.84 Å². The zero-order chi connectivity index (χ0) is 27.6. The fourth-order valence-electron chi connectivity index (χ4n) is 4.57. The van der Waals surface area contributed by atoms with Crippen molar-refractivity contribution in [1.29, 1.82) is 0 Å². The molecule has 13 heteroatoms. The van der Waals surface area contributed by atoms with Gasteiger partial charge in [-0.1, -0.05) is 26.0 Å². The Balaban J connectivity index is 1.78. The smallest absolute Gasteiger partial charge is 0.407 e. The molecule has 2 aromatic carbocycles. The number of hydrogen-bond acceptors (Lipinski definition) is 9. The summed E-state index contributed by atoms with van der Waals surface area (Å²) in [7, 11) is 0. The predicted molar refractivity (Wildman–Crippen MR) is 134 cm³/mol. The molecule has 1 amide bonds. The van der Waals surface area contributed by atoms with E-state index in [-0.39, 0.29) is 23.1 Å². The van der Waals surface area contributed by atoms with Gasteiger partial charge in [-0.15, -0.1) is 0 Å². The molecule has 0 spiro atoms. The van der Waals surface area contributed by atoms with Gasteiger partial charge in [0.2, 0.25) is 6.17 Å². The summed E-state index contributed by atoms with van der Waals surface area (Å²) in [6.45, 7) is 5.62. The Morgan fingerprint density at radius 3 is 2.39 bits per heavy atom. The highest BCUT2D eigenvalue weighted by molar-refractivity contribution is 6.15. The third-order valence-electron chi connectivity index (χ3n) is 6.43. The lowest BCUT2D eigenvalue weighted by molar-refractivity contribution is -0.153. The van der Waals surface area contributed by atoms with Crippen molar-refractivity contribution in [3.8, 4) is 11.5 Å². The van der Waals surface area contributed by atoms with Crippen LogP contribution in [0.3, 0.4) is 0 Å². The molecule has 0 radical (unpaired) electrons. The monoisotopic (exact) mass is 536 g/mol. The fourth-order valence-corrected chi connectivity index (χ4v) is 4.57. The van der Waals surface area contributed by atoms with E-state index in [1.54, 1.807) is 12.1 Å². The first kappa shape index (κ1) is 27.5. The molecule has 1 atom stereocenters. The van der Waals surface area contributed by atoms with Gasteiger partial charge in [-0.25, -0.2) is 5.84 Å². The number of hydrazone groups is 1. The Hall–Kier alpha value is -3.55. The average molecular weight is 537 g/mol. The van der Waals surface area contributed by atoms with Gasteiger partial charge in [0.25, 0.3) is 5.91 Å². The SMILES string of the molecule is CC(C)c1cc(C2=NN(CC(F)(F)F)C(C(=O)NN)N2c2ccc(CN3CCOCC3)cc2)c(O)cc1O. The van der Waals surface area contributed by atoms with Crippen molar-refractivity contribution in [1.82, 2.24) is 15.3 Å². The van der Waals surface area contributed by atoms with Crippen molar-refractivity contribution >= 4 is 17.4 Å². The standard InChI is InChI=1S/C25H31F3N6O4/c1-15(2)18-11-19(21(36)12-20(18)35)22-31-33(14-25(26,27)28)24(23(37)30-29)34(22)17-5-3-16(4-6-17)13-32-7-9-38-10-8-32/h3-6,11-12,15,24,35-36H,7-10,13-14,29H2,1-2H3,(H,30,37). The highest BCUT2D eigenvalue weighted by Crippen LogP contribution is 2.37. The molecule has 10 nitrogen and oxygen atoms in total. The van der Waals surface area contributed by atoms with Crippen molar-refractivity contribution in [2.75, 3.05) is 37.7 Å². The number of ether oxygens (including phenoxy) is 1. The third-order valence-corrected chi connectivity index (χ3v) is 6.43. The molecule has 4 rings (SSSR count). The number of halogens is 3. The Labute approximate surface area is 218 Å². The van der Waals surface area contributed by atoms with Gasteiger partial charge in [0, 0.05) is 31.4 Å². The van der Waals surface area contributed by atoms with Crippen LogP contribution in [0.4, 0.5) is 18.9 Å². The number of benzene rings is 2. The second kappa shape index (κ2) is 11.1. The Morgan fingerprint density at radius 2 is 1.82 bits per heavy atom. The lowest BCUT2D eigenvalue weighted by Crippen LogP contribution is -2.55. The molecule has 206 valence electrons. The first-order valence-corrected chi connectivity index (χ1v) is 12.2. The highest BCUT2D eigenvalue weighted by atomic mass is 19.4. The van der Waals surface area contributed by atoms with Gasteiger partial charge < -0.3 is 14.9 Å². The van der Waals surface area contributed by atoms with Crippen molar-refractivity contribution in [2.45, 2.75) is 38.7 Å². The summed E-state index contributed by atoms with van der Waals surface area (Å²) in [5.74, 6) is 3.61. The number of carbonyl (C=O) groups excluding carboxylic acids is 1. The van der Waals surface area contributed by atoms with E-state index in [0.29, 0.717) is 36.0 Å². The van der Waals surface area contributed by atoms with Gasteiger partial charge in [-0.05, 0) is 35.2 Å². The van der Waals surface area contributed by atoms with Crippen molar-refractivity contribution in [2.24, 2.45) is 10.9 Å². The van der Waals surface area contributed by atoms with E-state index in [9.17, 15) is 28.2 Å². The molecule has 1 saturated heterocycles. The average Bonchev–Trinajstić information content (AvgIpc) is 3.21. The van der Waals surface area contributed by atoms with Crippen molar-refractivity contribution in [3.05, 3.63) is 53.1 Å². The topological polar surface area (TPSA) is 127 Å². The summed E-state index contributed by atoms with van der Waals surface area (Å²) in [5, 5.41) is 25.7. The molecule has 0 aliphatic carbocycles. The van der Waals surface area contributed by atoms with Crippen LogP contribution in [0.5, 0.6) is 11.5 Å². The second-order valence-corrected chi connectivity index (χ2v) is 9.53. The van der Waals surface area contributed by atoms with Crippen LogP contribution in [0.25, 0.3) is 0 Å². The Bertz CT molecular complexity index is 1180. The number of morpholine rings is 1. The molecule has 2 aliphatic rings. The zero-order valence-corrected chi connectivity index (χ0v) is 21.1. The number of carbonyl (C=O) groups is 1. The van der Waals surface area contributed by atoms with E-state index in [0.717, 1.165) is 24.7 Å².